The molecule has 0 atom stereocenters. The summed E-state index contributed by atoms with van der Waals surface area (Å²) >= 11 is 0. The number of aromatic nitrogens is 2. The van der Waals surface area contributed by atoms with Crippen LogP contribution < -0.4 is 5.19 Å². The average molecular weight is 409 g/mol. The maximum atomic E-state index is 6.39. The fraction of sp³-hybridized carbons (Fsp3) is 0.120. The number of hydrogen-bond acceptors (Lipinski definition) is 4. The lowest BCUT2D eigenvalue weighted by atomic mass is 10.1. The summed E-state index contributed by atoms with van der Waals surface area (Å²) < 4.78 is 12.5. The molecule has 0 bridgehead atoms. The molecule has 146 valence electrons. The second-order valence-electron chi connectivity index (χ2n) is 8.74. The van der Waals surface area contributed by atoms with E-state index in [4.69, 9.17) is 13.8 Å². The van der Waals surface area contributed by atoms with Crippen molar-refractivity contribution in [3.63, 3.8) is 0 Å². The lowest BCUT2D eigenvalue weighted by molar-refractivity contribution is 0.655. The van der Waals surface area contributed by atoms with Crippen molar-refractivity contribution in [1.29, 1.82) is 0 Å². The van der Waals surface area contributed by atoms with Gasteiger partial charge in [-0.25, -0.2) is 4.98 Å². The van der Waals surface area contributed by atoms with Gasteiger partial charge in [-0.3, -0.25) is 4.98 Å². The van der Waals surface area contributed by atoms with Crippen LogP contribution in [0.3, 0.4) is 0 Å². The van der Waals surface area contributed by atoms with E-state index in [1.165, 1.54) is 5.19 Å². The van der Waals surface area contributed by atoms with Crippen LogP contribution in [0.5, 0.6) is 0 Å². The summed E-state index contributed by atoms with van der Waals surface area (Å²) in [5.41, 5.74) is 5.07. The van der Waals surface area contributed by atoms with E-state index in [0.29, 0.717) is 5.71 Å². The van der Waals surface area contributed by atoms with E-state index >= 15 is 0 Å². The quantitative estimate of drug-likeness (QED) is 0.307. The van der Waals surface area contributed by atoms with Gasteiger partial charge in [0.25, 0.3) is 0 Å². The molecule has 6 rings (SSSR count). The number of rotatable bonds is 2. The first-order valence-electron chi connectivity index (χ1n) is 10.1. The summed E-state index contributed by atoms with van der Waals surface area (Å²) in [6, 6.07) is 18.6. The lowest BCUT2D eigenvalue weighted by Gasteiger charge is -2.16. The number of fused-ring (bicyclic) bond motifs is 6. The van der Waals surface area contributed by atoms with E-state index in [2.05, 4.69) is 48.9 Å². The highest BCUT2D eigenvalue weighted by Gasteiger charge is 2.23. The van der Waals surface area contributed by atoms with E-state index in [1.807, 2.05) is 36.5 Å². The van der Waals surface area contributed by atoms with Crippen molar-refractivity contribution in [2.75, 3.05) is 0 Å². The van der Waals surface area contributed by atoms with Gasteiger partial charge in [0.15, 0.2) is 0 Å². The van der Waals surface area contributed by atoms with Crippen molar-refractivity contribution in [2.45, 2.75) is 19.6 Å². The molecule has 0 aliphatic carbocycles. The molecule has 0 spiro atoms. The van der Waals surface area contributed by atoms with Gasteiger partial charge in [-0.05, 0) is 23.4 Å². The zero-order valence-electron chi connectivity index (χ0n) is 17.1. The zero-order chi connectivity index (χ0) is 20.5. The summed E-state index contributed by atoms with van der Waals surface area (Å²) in [5, 5.41) is 5.58. The average Bonchev–Trinajstić information content (AvgIpc) is 3.30. The first-order chi connectivity index (χ1) is 14.5. The van der Waals surface area contributed by atoms with E-state index in [9.17, 15) is 0 Å². The Hall–Kier alpha value is -3.44. The van der Waals surface area contributed by atoms with Crippen LogP contribution in [-0.2, 0) is 0 Å². The van der Waals surface area contributed by atoms with Crippen LogP contribution in [0.1, 0.15) is 0 Å². The monoisotopic (exact) mass is 408 g/mol. The first kappa shape index (κ1) is 17.4. The third-order valence-corrected chi connectivity index (χ3v) is 7.75. The highest BCUT2D eigenvalue weighted by atomic mass is 28.3. The minimum atomic E-state index is -1.53. The van der Waals surface area contributed by atoms with Crippen LogP contribution in [0, 0.1) is 0 Å². The van der Waals surface area contributed by atoms with Crippen molar-refractivity contribution < 1.29 is 8.83 Å². The molecule has 0 aliphatic rings. The fourth-order valence-corrected chi connectivity index (χ4v) is 5.73. The highest BCUT2D eigenvalue weighted by molar-refractivity contribution is 6.90. The standard InChI is InChI=1S/C25H20N2O2Si/c1-30(2,3)22-11-5-8-16-19-14-27-20(13-21(19)28-24(16)22)18-9-4-7-15-17-10-6-12-26-25(17)29-23(15)18/h4-14H,1-3H3. The summed E-state index contributed by atoms with van der Waals surface area (Å²) in [4.78, 5) is 9.15. The van der Waals surface area contributed by atoms with Crippen LogP contribution in [-0.4, -0.2) is 18.0 Å². The molecular formula is C25H20N2O2Si. The van der Waals surface area contributed by atoms with E-state index < -0.39 is 8.07 Å². The van der Waals surface area contributed by atoms with E-state index in [1.54, 1.807) is 6.20 Å². The number of nitrogens with zero attached hydrogens (tertiary/aromatic N) is 2. The molecular weight excluding hydrogens is 388 g/mol. The topological polar surface area (TPSA) is 52.1 Å². The van der Waals surface area contributed by atoms with Crippen LogP contribution in [0.4, 0.5) is 0 Å². The molecule has 30 heavy (non-hydrogen) atoms. The molecule has 4 nitrogen and oxygen atoms in total. The van der Waals surface area contributed by atoms with Crippen molar-refractivity contribution in [3.8, 4) is 11.3 Å². The molecule has 0 saturated carbocycles. The molecule has 4 heterocycles. The predicted octanol–water partition coefficient (Wildman–Crippen LogP) is 6.49. The Morgan fingerprint density at radius 1 is 0.733 bits per heavy atom. The minimum Gasteiger partial charge on any atom is -0.456 e. The predicted molar refractivity (Wildman–Crippen MR) is 125 cm³/mol. The second kappa shape index (κ2) is 6.03. The zero-order valence-corrected chi connectivity index (χ0v) is 18.1. The van der Waals surface area contributed by atoms with Gasteiger partial charge < -0.3 is 8.83 Å². The Labute approximate surface area is 174 Å². The Morgan fingerprint density at radius 2 is 1.50 bits per heavy atom. The minimum absolute atomic E-state index is 0.643. The third-order valence-electron chi connectivity index (χ3n) is 5.74. The number of para-hydroxylation sites is 2. The Kier molecular flexibility index (Phi) is 3.50. The molecule has 0 amide bonds. The van der Waals surface area contributed by atoms with Gasteiger partial charge in [-0.2, -0.15) is 0 Å². The highest BCUT2D eigenvalue weighted by Crippen LogP contribution is 2.36. The van der Waals surface area contributed by atoms with Gasteiger partial charge in [0, 0.05) is 45.6 Å². The summed E-state index contributed by atoms with van der Waals surface area (Å²) in [6.07, 6.45) is 3.67. The van der Waals surface area contributed by atoms with Crippen molar-refractivity contribution in [2.24, 2.45) is 0 Å². The van der Waals surface area contributed by atoms with Crippen LogP contribution in [0.2, 0.25) is 19.6 Å². The molecule has 0 radical (unpaired) electrons. The first-order valence-corrected chi connectivity index (χ1v) is 13.6. The van der Waals surface area contributed by atoms with Crippen molar-refractivity contribution >= 4 is 57.3 Å². The van der Waals surface area contributed by atoms with E-state index in [-0.39, 0.29) is 0 Å². The maximum absolute atomic E-state index is 6.39. The molecule has 6 aromatic rings. The maximum Gasteiger partial charge on any atom is 0.227 e. The summed E-state index contributed by atoms with van der Waals surface area (Å²) in [6.45, 7) is 7.03. The van der Waals surface area contributed by atoms with Gasteiger partial charge in [0.05, 0.1) is 13.8 Å². The molecule has 4 aromatic heterocycles. The lowest BCUT2D eigenvalue weighted by Crippen LogP contribution is -2.37. The normalized spacial score (nSPS) is 12.5. The summed E-state index contributed by atoms with van der Waals surface area (Å²) in [5.74, 6) is 0. The van der Waals surface area contributed by atoms with Crippen LogP contribution in [0.15, 0.2) is 75.8 Å². The van der Waals surface area contributed by atoms with Gasteiger partial charge in [-0.15, -0.1) is 0 Å². The molecule has 0 fully saturated rings. The molecule has 0 N–H and O–H groups in total. The Morgan fingerprint density at radius 3 is 2.33 bits per heavy atom. The molecule has 2 aromatic carbocycles. The Balaban J connectivity index is 1.62. The van der Waals surface area contributed by atoms with Gasteiger partial charge >= 0.3 is 0 Å². The smallest absolute Gasteiger partial charge is 0.227 e. The van der Waals surface area contributed by atoms with Crippen molar-refractivity contribution in [1.82, 2.24) is 9.97 Å². The molecule has 5 heteroatoms. The van der Waals surface area contributed by atoms with E-state index in [0.717, 1.165) is 49.6 Å². The summed E-state index contributed by atoms with van der Waals surface area (Å²) in [7, 11) is -1.53. The molecule has 0 unspecified atom stereocenters. The SMILES string of the molecule is C[Si](C)(C)c1cccc2c1oc1cc(-c3cccc4c3oc3ncccc34)ncc12. The third kappa shape index (κ3) is 2.45. The van der Waals surface area contributed by atoms with Crippen LogP contribution >= 0.6 is 0 Å². The van der Waals surface area contributed by atoms with Crippen LogP contribution in [0.25, 0.3) is 55.3 Å². The Bertz CT molecular complexity index is 1590. The van der Waals surface area contributed by atoms with Gasteiger partial charge in [0.1, 0.15) is 16.7 Å². The molecule has 0 saturated heterocycles. The number of furan rings is 2. The number of benzene rings is 2. The number of pyridine rings is 2. The largest absolute Gasteiger partial charge is 0.456 e. The number of hydrogen-bond donors (Lipinski definition) is 0. The molecule has 0 aliphatic heterocycles. The second-order valence-corrected chi connectivity index (χ2v) is 13.8. The fourth-order valence-electron chi connectivity index (χ4n) is 4.27. The van der Waals surface area contributed by atoms with Gasteiger partial charge in [-0.1, -0.05) is 50.0 Å². The van der Waals surface area contributed by atoms with Crippen molar-refractivity contribution in [3.05, 3.63) is 67.0 Å². The van der Waals surface area contributed by atoms with Gasteiger partial charge in [0.2, 0.25) is 5.71 Å².